The van der Waals surface area contributed by atoms with E-state index in [1.165, 1.54) is 16.2 Å². The third-order valence-corrected chi connectivity index (χ3v) is 6.02. The molecule has 4 aromatic rings. The van der Waals surface area contributed by atoms with Gasteiger partial charge in [0.2, 0.25) is 0 Å². The normalized spacial score (nSPS) is 14.9. The van der Waals surface area contributed by atoms with Gasteiger partial charge in [0.1, 0.15) is 5.82 Å². The number of para-hydroxylation sites is 1. The SMILES string of the molecule is Cn1c(Nc2ccccc2)c(C2C=CC=Cc3cc4ccccc4cc32)c(=O)n(C)c1=O. The average Bonchev–Trinajstić information content (AvgIpc) is 3.02. The zero-order valence-corrected chi connectivity index (χ0v) is 17.9. The number of nitrogens with one attached hydrogen (secondary N) is 1. The van der Waals surface area contributed by atoms with Gasteiger partial charge >= 0.3 is 5.69 Å². The molecule has 32 heavy (non-hydrogen) atoms. The Labute approximate surface area is 185 Å². The fourth-order valence-corrected chi connectivity index (χ4v) is 4.34. The Bertz CT molecular complexity index is 1510. The van der Waals surface area contributed by atoms with Crippen molar-refractivity contribution >= 4 is 28.4 Å². The Kier molecular flexibility index (Phi) is 4.86. The highest BCUT2D eigenvalue weighted by Crippen LogP contribution is 2.36. The topological polar surface area (TPSA) is 56.0 Å². The van der Waals surface area contributed by atoms with Crippen molar-refractivity contribution in [2.75, 3.05) is 5.32 Å². The smallest absolute Gasteiger partial charge is 0.332 e. The van der Waals surface area contributed by atoms with Crippen LogP contribution in [0.3, 0.4) is 0 Å². The molecule has 1 aliphatic carbocycles. The van der Waals surface area contributed by atoms with Crippen LogP contribution in [-0.2, 0) is 14.1 Å². The molecule has 0 saturated carbocycles. The van der Waals surface area contributed by atoms with E-state index >= 15 is 0 Å². The number of nitrogens with zero attached hydrogens (tertiary/aromatic N) is 2. The minimum absolute atomic E-state index is 0.304. The number of aromatic nitrogens is 2. The van der Waals surface area contributed by atoms with Gasteiger partial charge in [-0.1, -0.05) is 66.8 Å². The molecule has 5 nitrogen and oxygen atoms in total. The third kappa shape index (κ3) is 3.28. The Hall–Kier alpha value is -4.12. The minimum Gasteiger partial charge on any atom is -0.341 e. The molecule has 158 valence electrons. The van der Waals surface area contributed by atoms with E-state index < -0.39 is 0 Å². The van der Waals surface area contributed by atoms with E-state index in [2.05, 4.69) is 35.7 Å². The van der Waals surface area contributed by atoms with Gasteiger partial charge in [-0.2, -0.15) is 0 Å². The van der Waals surface area contributed by atoms with E-state index in [9.17, 15) is 9.59 Å². The molecule has 1 aliphatic rings. The lowest BCUT2D eigenvalue weighted by atomic mass is 9.87. The lowest BCUT2D eigenvalue weighted by molar-refractivity contribution is 0.673. The molecule has 5 rings (SSSR count). The molecule has 1 aromatic heterocycles. The summed E-state index contributed by atoms with van der Waals surface area (Å²) in [6, 6.07) is 22.1. The zero-order chi connectivity index (χ0) is 22.2. The minimum atomic E-state index is -0.369. The van der Waals surface area contributed by atoms with Crippen LogP contribution >= 0.6 is 0 Å². The standard InChI is InChI=1S/C27H23N3O2/c1-29-25(28-21-13-4-3-5-14-21)24(26(31)30(2)27(29)32)22-15-9-8-12-20-16-18-10-6-7-11-19(18)17-23(20)22/h3-17,22,28H,1-2H3. The maximum atomic E-state index is 13.5. The van der Waals surface area contributed by atoms with Crippen LogP contribution in [0.25, 0.3) is 16.8 Å². The Morgan fingerprint density at radius 2 is 1.50 bits per heavy atom. The molecule has 0 amide bonds. The average molecular weight is 422 g/mol. The first-order valence-corrected chi connectivity index (χ1v) is 10.5. The van der Waals surface area contributed by atoms with Crippen molar-refractivity contribution in [2.45, 2.75) is 5.92 Å². The highest BCUT2D eigenvalue weighted by atomic mass is 16.2. The lowest BCUT2D eigenvalue weighted by Gasteiger charge is -2.23. The summed E-state index contributed by atoms with van der Waals surface area (Å²) >= 11 is 0. The fraction of sp³-hybridized carbons (Fsp3) is 0.111. The maximum Gasteiger partial charge on any atom is 0.332 e. The molecule has 0 fully saturated rings. The molecule has 0 aliphatic heterocycles. The molecule has 3 aromatic carbocycles. The van der Waals surface area contributed by atoms with Crippen LogP contribution in [0.1, 0.15) is 22.6 Å². The molecule has 1 unspecified atom stereocenters. The van der Waals surface area contributed by atoms with Gasteiger partial charge < -0.3 is 5.32 Å². The maximum absolute atomic E-state index is 13.5. The van der Waals surface area contributed by atoms with Crippen LogP contribution in [0.2, 0.25) is 0 Å². The van der Waals surface area contributed by atoms with Crippen LogP contribution in [-0.4, -0.2) is 9.13 Å². The predicted octanol–water partition coefficient (Wildman–Crippen LogP) is 4.70. The second-order valence-electron chi connectivity index (χ2n) is 8.01. The van der Waals surface area contributed by atoms with Gasteiger partial charge in [0.25, 0.3) is 5.56 Å². The predicted molar refractivity (Wildman–Crippen MR) is 131 cm³/mol. The number of rotatable bonds is 3. The molecule has 1 atom stereocenters. The number of allylic oxidation sites excluding steroid dienone is 3. The molecular weight excluding hydrogens is 398 g/mol. The third-order valence-electron chi connectivity index (χ3n) is 6.02. The van der Waals surface area contributed by atoms with Gasteiger partial charge in [0.15, 0.2) is 0 Å². The van der Waals surface area contributed by atoms with Crippen molar-refractivity contribution in [1.29, 1.82) is 0 Å². The van der Waals surface area contributed by atoms with Crippen molar-refractivity contribution in [2.24, 2.45) is 14.1 Å². The van der Waals surface area contributed by atoms with E-state index in [0.29, 0.717) is 11.4 Å². The molecule has 0 saturated heterocycles. The van der Waals surface area contributed by atoms with Gasteiger partial charge in [-0.25, -0.2) is 4.79 Å². The highest BCUT2D eigenvalue weighted by Gasteiger charge is 2.26. The zero-order valence-electron chi connectivity index (χ0n) is 17.9. The van der Waals surface area contributed by atoms with E-state index in [0.717, 1.165) is 27.6 Å². The molecule has 1 N–H and O–H groups in total. The Morgan fingerprint density at radius 1 is 0.812 bits per heavy atom. The van der Waals surface area contributed by atoms with Gasteiger partial charge in [0, 0.05) is 25.7 Å². The van der Waals surface area contributed by atoms with E-state index in [1.807, 2.05) is 60.7 Å². The fourth-order valence-electron chi connectivity index (χ4n) is 4.34. The summed E-state index contributed by atoms with van der Waals surface area (Å²) in [4.78, 5) is 26.3. The van der Waals surface area contributed by atoms with E-state index in [4.69, 9.17) is 0 Å². The van der Waals surface area contributed by atoms with E-state index in [1.54, 1.807) is 7.05 Å². The molecule has 0 radical (unpaired) electrons. The van der Waals surface area contributed by atoms with E-state index in [-0.39, 0.29) is 17.2 Å². The molecule has 0 bridgehead atoms. The number of hydrogen-bond acceptors (Lipinski definition) is 3. The summed E-state index contributed by atoms with van der Waals surface area (Å²) in [7, 11) is 3.22. The summed E-state index contributed by atoms with van der Waals surface area (Å²) in [6.45, 7) is 0. The molecule has 1 heterocycles. The van der Waals surface area contributed by atoms with Crippen molar-refractivity contribution in [1.82, 2.24) is 9.13 Å². The first-order valence-electron chi connectivity index (χ1n) is 10.5. The molecular formula is C27H23N3O2. The van der Waals surface area contributed by atoms with Gasteiger partial charge in [-0.05, 0) is 46.2 Å². The number of benzene rings is 3. The second kappa shape index (κ2) is 7.85. The Morgan fingerprint density at radius 3 is 2.25 bits per heavy atom. The molecule has 5 heteroatoms. The van der Waals surface area contributed by atoms with Crippen LogP contribution in [0.15, 0.2) is 94.5 Å². The monoisotopic (exact) mass is 421 g/mol. The van der Waals surface area contributed by atoms with Crippen LogP contribution in [0.4, 0.5) is 11.5 Å². The quantitative estimate of drug-likeness (QED) is 0.522. The largest absolute Gasteiger partial charge is 0.341 e. The summed E-state index contributed by atoms with van der Waals surface area (Å²) in [5, 5.41) is 5.59. The van der Waals surface area contributed by atoms with Crippen molar-refractivity contribution in [3.63, 3.8) is 0 Å². The van der Waals surface area contributed by atoms with Crippen molar-refractivity contribution in [3.8, 4) is 0 Å². The van der Waals surface area contributed by atoms with Crippen molar-refractivity contribution in [3.05, 3.63) is 122 Å². The Balaban J connectivity index is 1.79. The van der Waals surface area contributed by atoms with Crippen LogP contribution < -0.4 is 16.6 Å². The number of fused-ring (bicyclic) bond motifs is 2. The van der Waals surface area contributed by atoms with Crippen LogP contribution in [0, 0.1) is 0 Å². The van der Waals surface area contributed by atoms with Gasteiger partial charge in [-0.15, -0.1) is 0 Å². The summed E-state index contributed by atoms with van der Waals surface area (Å²) < 4.78 is 2.69. The second-order valence-corrected chi connectivity index (χ2v) is 8.01. The highest BCUT2D eigenvalue weighted by molar-refractivity contribution is 5.87. The van der Waals surface area contributed by atoms with Gasteiger partial charge in [-0.3, -0.25) is 13.9 Å². The van der Waals surface area contributed by atoms with Crippen LogP contribution in [0.5, 0.6) is 0 Å². The lowest BCUT2D eigenvalue weighted by Crippen LogP contribution is -2.40. The number of hydrogen-bond donors (Lipinski definition) is 1. The first-order chi connectivity index (χ1) is 15.5. The first kappa shape index (κ1) is 19.8. The summed E-state index contributed by atoms with van der Waals surface area (Å²) in [5.41, 5.74) is 2.76. The van der Waals surface area contributed by atoms with Gasteiger partial charge in [0.05, 0.1) is 5.56 Å². The molecule has 0 spiro atoms. The number of anilines is 2. The summed E-state index contributed by atoms with van der Waals surface area (Å²) in [5.74, 6) is 0.182. The summed E-state index contributed by atoms with van der Waals surface area (Å²) in [6.07, 6.45) is 8.04. The van der Waals surface area contributed by atoms with Crippen molar-refractivity contribution < 1.29 is 0 Å².